The molecule has 19 heavy (non-hydrogen) atoms. The van der Waals surface area contributed by atoms with Gasteiger partial charge in [0.1, 0.15) is 12.4 Å². The number of benzene rings is 1. The molecule has 4 heteroatoms. The van der Waals surface area contributed by atoms with Gasteiger partial charge in [-0.25, -0.2) is 0 Å². The maximum atomic E-state index is 11.3. The molecule has 1 atom stereocenters. The Morgan fingerprint density at radius 3 is 2.79 bits per heavy atom. The Morgan fingerprint density at radius 2 is 2.11 bits per heavy atom. The van der Waals surface area contributed by atoms with Crippen LogP contribution in [0, 0.1) is 5.92 Å². The minimum atomic E-state index is -1.24. The van der Waals surface area contributed by atoms with Crippen molar-refractivity contribution >= 4 is 5.97 Å². The molecule has 102 valence electrons. The number of aliphatic carboxylic acids is 1. The third kappa shape index (κ3) is 2.32. The molecule has 0 aliphatic heterocycles. The second kappa shape index (κ2) is 4.53. The fourth-order valence-electron chi connectivity index (χ4n) is 2.79. The average molecular weight is 261 g/mol. The van der Waals surface area contributed by atoms with Gasteiger partial charge in [-0.1, -0.05) is 6.07 Å². The minimum Gasteiger partial charge on any atom is -0.491 e. The second-order valence-corrected chi connectivity index (χ2v) is 5.69. The largest absolute Gasteiger partial charge is 0.491 e. The minimum absolute atomic E-state index is 0.0474. The van der Waals surface area contributed by atoms with E-state index in [0.29, 0.717) is 0 Å². The van der Waals surface area contributed by atoms with Crippen molar-refractivity contribution in [3.8, 4) is 5.75 Å². The average Bonchev–Trinajstić information content (AvgIpc) is 3.14. The Morgan fingerprint density at radius 1 is 1.37 bits per heavy atom. The summed E-state index contributed by atoms with van der Waals surface area (Å²) in [6, 6.07) is 6.02. The molecule has 1 unspecified atom stereocenters. The normalized spacial score (nSPS) is 20.7. The molecule has 0 amide bonds. The molecule has 0 spiro atoms. The molecular weight excluding hydrogens is 242 g/mol. The number of aryl methyl sites for hydroxylation is 2. The van der Waals surface area contributed by atoms with Gasteiger partial charge in [0.05, 0.1) is 0 Å². The van der Waals surface area contributed by atoms with E-state index in [4.69, 9.17) is 10.5 Å². The predicted molar refractivity (Wildman–Crippen MR) is 71.2 cm³/mol. The molecule has 0 saturated heterocycles. The Balaban J connectivity index is 1.70. The number of nitrogens with two attached hydrogens (primary N) is 1. The van der Waals surface area contributed by atoms with Crippen LogP contribution in [-0.4, -0.2) is 23.2 Å². The Hall–Kier alpha value is -1.55. The summed E-state index contributed by atoms with van der Waals surface area (Å²) in [6.45, 7) is 0.0474. The molecule has 1 aromatic rings. The number of ether oxygens (including phenoxy) is 1. The Bertz CT molecular complexity index is 510. The highest BCUT2D eigenvalue weighted by molar-refractivity contribution is 5.79. The van der Waals surface area contributed by atoms with E-state index in [-0.39, 0.29) is 12.5 Å². The van der Waals surface area contributed by atoms with Crippen LogP contribution in [0.2, 0.25) is 0 Å². The van der Waals surface area contributed by atoms with E-state index in [1.54, 1.807) is 0 Å². The maximum absolute atomic E-state index is 11.3. The fraction of sp³-hybridized carbons (Fsp3) is 0.533. The smallest absolute Gasteiger partial charge is 0.327 e. The number of carboxylic acid groups (broad SMARTS) is 1. The Labute approximate surface area is 112 Å². The summed E-state index contributed by atoms with van der Waals surface area (Å²) in [7, 11) is 0. The predicted octanol–water partition coefficient (Wildman–Crippen LogP) is 1.75. The van der Waals surface area contributed by atoms with Crippen molar-refractivity contribution in [1.29, 1.82) is 0 Å². The summed E-state index contributed by atoms with van der Waals surface area (Å²) in [6.07, 6.45) is 5.18. The van der Waals surface area contributed by atoms with Gasteiger partial charge in [-0.2, -0.15) is 0 Å². The van der Waals surface area contributed by atoms with Crippen LogP contribution in [0.3, 0.4) is 0 Å². The van der Waals surface area contributed by atoms with E-state index in [0.717, 1.165) is 31.4 Å². The molecule has 3 rings (SSSR count). The summed E-state index contributed by atoms with van der Waals surface area (Å²) >= 11 is 0. The first-order chi connectivity index (χ1) is 9.09. The van der Waals surface area contributed by atoms with Crippen LogP contribution < -0.4 is 10.5 Å². The van der Waals surface area contributed by atoms with Crippen LogP contribution >= 0.6 is 0 Å². The van der Waals surface area contributed by atoms with Gasteiger partial charge in [-0.3, -0.25) is 4.79 Å². The molecular formula is C15H19NO3. The lowest BCUT2D eigenvalue weighted by molar-refractivity contribution is -0.145. The molecule has 1 saturated carbocycles. The van der Waals surface area contributed by atoms with E-state index >= 15 is 0 Å². The summed E-state index contributed by atoms with van der Waals surface area (Å²) in [5.41, 5.74) is 7.45. The SMILES string of the molecule is NC(COc1ccc2c(c1)CCC2)(C(=O)O)C1CC1. The number of carbonyl (C=O) groups is 1. The first kappa shape index (κ1) is 12.5. The lowest BCUT2D eigenvalue weighted by Gasteiger charge is -2.24. The number of hydrogen-bond donors (Lipinski definition) is 2. The van der Waals surface area contributed by atoms with E-state index < -0.39 is 11.5 Å². The summed E-state index contributed by atoms with van der Waals surface area (Å²) < 4.78 is 5.65. The van der Waals surface area contributed by atoms with Crippen molar-refractivity contribution in [2.75, 3.05) is 6.61 Å². The summed E-state index contributed by atoms with van der Waals surface area (Å²) in [5.74, 6) is -0.173. The first-order valence-electron chi connectivity index (χ1n) is 6.86. The van der Waals surface area contributed by atoms with Crippen LogP contribution in [0.15, 0.2) is 18.2 Å². The fourth-order valence-corrected chi connectivity index (χ4v) is 2.79. The number of hydrogen-bond acceptors (Lipinski definition) is 3. The molecule has 0 aromatic heterocycles. The van der Waals surface area contributed by atoms with Gasteiger partial charge in [0.25, 0.3) is 0 Å². The zero-order valence-electron chi connectivity index (χ0n) is 10.9. The highest BCUT2D eigenvalue weighted by Gasteiger charge is 2.49. The monoisotopic (exact) mass is 261 g/mol. The maximum Gasteiger partial charge on any atom is 0.327 e. The first-order valence-corrected chi connectivity index (χ1v) is 6.86. The standard InChI is InChI=1S/C15H19NO3/c16-15(14(17)18,12-5-6-12)9-19-13-7-4-10-2-1-3-11(10)8-13/h4,7-8,12H,1-3,5-6,9,16H2,(H,17,18). The van der Waals surface area contributed by atoms with Gasteiger partial charge < -0.3 is 15.6 Å². The molecule has 1 fully saturated rings. The van der Waals surface area contributed by atoms with Crippen molar-refractivity contribution in [1.82, 2.24) is 0 Å². The van der Waals surface area contributed by atoms with Gasteiger partial charge >= 0.3 is 5.97 Å². The van der Waals surface area contributed by atoms with Gasteiger partial charge in [0.2, 0.25) is 0 Å². The van der Waals surface area contributed by atoms with E-state index in [2.05, 4.69) is 6.07 Å². The van der Waals surface area contributed by atoms with Crippen LogP contribution in [0.25, 0.3) is 0 Å². The molecule has 3 N–H and O–H groups in total. The van der Waals surface area contributed by atoms with E-state index in [1.807, 2.05) is 12.1 Å². The third-order valence-corrected chi connectivity index (χ3v) is 4.25. The van der Waals surface area contributed by atoms with Crippen molar-refractivity contribution in [3.05, 3.63) is 29.3 Å². The zero-order chi connectivity index (χ0) is 13.5. The lowest BCUT2D eigenvalue weighted by atomic mass is 9.96. The van der Waals surface area contributed by atoms with Gasteiger partial charge in [0, 0.05) is 0 Å². The molecule has 4 nitrogen and oxygen atoms in total. The van der Waals surface area contributed by atoms with Gasteiger partial charge in [-0.05, 0) is 61.3 Å². The second-order valence-electron chi connectivity index (χ2n) is 5.69. The topological polar surface area (TPSA) is 72.5 Å². The third-order valence-electron chi connectivity index (χ3n) is 4.25. The van der Waals surface area contributed by atoms with Crippen LogP contribution in [-0.2, 0) is 17.6 Å². The molecule has 0 radical (unpaired) electrons. The molecule has 0 heterocycles. The van der Waals surface area contributed by atoms with Gasteiger partial charge in [-0.15, -0.1) is 0 Å². The van der Waals surface area contributed by atoms with E-state index in [1.165, 1.54) is 17.5 Å². The highest BCUT2D eigenvalue weighted by atomic mass is 16.5. The van der Waals surface area contributed by atoms with Crippen molar-refractivity contribution in [2.24, 2.45) is 11.7 Å². The van der Waals surface area contributed by atoms with Crippen LogP contribution in [0.4, 0.5) is 0 Å². The van der Waals surface area contributed by atoms with Crippen LogP contribution in [0.5, 0.6) is 5.75 Å². The van der Waals surface area contributed by atoms with E-state index in [9.17, 15) is 9.90 Å². The Kier molecular flexibility index (Phi) is 2.97. The number of fused-ring (bicyclic) bond motifs is 1. The van der Waals surface area contributed by atoms with Gasteiger partial charge in [0.15, 0.2) is 5.54 Å². The van der Waals surface area contributed by atoms with Crippen LogP contribution in [0.1, 0.15) is 30.4 Å². The molecule has 2 aliphatic carbocycles. The number of carboxylic acids is 1. The highest BCUT2D eigenvalue weighted by Crippen LogP contribution is 2.39. The molecule has 0 bridgehead atoms. The molecule has 1 aromatic carbocycles. The zero-order valence-corrected chi connectivity index (χ0v) is 10.9. The van der Waals surface area contributed by atoms with Crippen molar-refractivity contribution < 1.29 is 14.6 Å². The number of rotatable bonds is 5. The lowest BCUT2D eigenvalue weighted by Crippen LogP contribution is -2.54. The quantitative estimate of drug-likeness (QED) is 0.847. The summed E-state index contributed by atoms with van der Waals surface area (Å²) in [5, 5.41) is 9.27. The molecule has 2 aliphatic rings. The van der Waals surface area contributed by atoms with Crippen molar-refractivity contribution in [2.45, 2.75) is 37.6 Å². The van der Waals surface area contributed by atoms with Crippen molar-refractivity contribution in [3.63, 3.8) is 0 Å². The summed E-state index contributed by atoms with van der Waals surface area (Å²) in [4.78, 5) is 11.3.